The van der Waals surface area contributed by atoms with E-state index in [1.54, 1.807) is 0 Å². The predicted molar refractivity (Wildman–Crippen MR) is 72.2 cm³/mol. The third-order valence-corrected chi connectivity index (χ3v) is 3.44. The Morgan fingerprint density at radius 3 is 2.37 bits per heavy atom. The summed E-state index contributed by atoms with van der Waals surface area (Å²) in [5, 5.41) is 2.40. The van der Waals surface area contributed by atoms with E-state index < -0.39 is 15.7 Å². The molecule has 0 aliphatic carbocycles. The highest BCUT2D eigenvalue weighted by Crippen LogP contribution is 2.22. The molecule has 4 nitrogen and oxygen atoms in total. The van der Waals surface area contributed by atoms with Crippen molar-refractivity contribution >= 4 is 21.4 Å². The predicted octanol–water partition coefficient (Wildman–Crippen LogP) is 2.60. The highest BCUT2D eigenvalue weighted by atomic mass is 32.2. The molecule has 1 rings (SSSR count). The molecule has 0 saturated heterocycles. The fraction of sp³-hybridized carbons (Fsp3) is 0.462. The first-order valence-corrected chi connectivity index (χ1v) is 7.68. The van der Waals surface area contributed by atoms with Gasteiger partial charge in [0.05, 0.1) is 10.6 Å². The summed E-state index contributed by atoms with van der Waals surface area (Å²) in [5.41, 5.74) is -0.341. The van der Waals surface area contributed by atoms with Crippen molar-refractivity contribution in [1.29, 1.82) is 0 Å². The number of anilines is 1. The van der Waals surface area contributed by atoms with E-state index in [0.29, 0.717) is 0 Å². The van der Waals surface area contributed by atoms with Crippen LogP contribution in [0.2, 0.25) is 0 Å². The SMILES string of the molecule is CC(C)(C)CC(=O)Nc1cc(S(C)(=O)=O)ccc1F. The molecule has 0 heterocycles. The van der Waals surface area contributed by atoms with Crippen molar-refractivity contribution in [3.63, 3.8) is 0 Å². The lowest BCUT2D eigenvalue weighted by molar-refractivity contribution is -0.117. The van der Waals surface area contributed by atoms with E-state index in [1.165, 1.54) is 6.07 Å². The average molecular weight is 287 g/mol. The molecule has 0 unspecified atom stereocenters. The van der Waals surface area contributed by atoms with E-state index in [4.69, 9.17) is 0 Å². The smallest absolute Gasteiger partial charge is 0.224 e. The zero-order chi connectivity index (χ0) is 14.8. The van der Waals surface area contributed by atoms with Crippen LogP contribution >= 0.6 is 0 Å². The van der Waals surface area contributed by atoms with Gasteiger partial charge in [0.15, 0.2) is 9.84 Å². The Morgan fingerprint density at radius 1 is 1.32 bits per heavy atom. The average Bonchev–Trinajstić information content (AvgIpc) is 2.16. The summed E-state index contributed by atoms with van der Waals surface area (Å²) in [6, 6.07) is 3.33. The van der Waals surface area contributed by atoms with E-state index in [-0.39, 0.29) is 28.3 Å². The van der Waals surface area contributed by atoms with Crippen LogP contribution in [0.5, 0.6) is 0 Å². The van der Waals surface area contributed by atoms with Gasteiger partial charge in [-0.1, -0.05) is 20.8 Å². The minimum absolute atomic E-state index is 0.0278. The van der Waals surface area contributed by atoms with Gasteiger partial charge in [-0.2, -0.15) is 0 Å². The van der Waals surface area contributed by atoms with Gasteiger partial charge < -0.3 is 5.32 Å². The Bertz CT molecular complexity index is 588. The quantitative estimate of drug-likeness (QED) is 0.869. The van der Waals surface area contributed by atoms with E-state index in [2.05, 4.69) is 5.32 Å². The number of rotatable bonds is 3. The molecule has 1 aromatic carbocycles. The summed E-state index contributed by atoms with van der Waals surface area (Å²) >= 11 is 0. The van der Waals surface area contributed by atoms with Gasteiger partial charge in [-0.3, -0.25) is 4.79 Å². The van der Waals surface area contributed by atoms with Crippen molar-refractivity contribution in [2.45, 2.75) is 32.1 Å². The van der Waals surface area contributed by atoms with Gasteiger partial charge in [0.25, 0.3) is 0 Å². The summed E-state index contributed by atoms with van der Waals surface area (Å²) in [7, 11) is -3.43. The molecule has 19 heavy (non-hydrogen) atoms. The van der Waals surface area contributed by atoms with Gasteiger partial charge in [0, 0.05) is 12.7 Å². The summed E-state index contributed by atoms with van der Waals surface area (Å²) in [6.45, 7) is 5.65. The molecule has 0 radical (unpaired) electrons. The molecule has 1 amide bonds. The minimum atomic E-state index is -3.43. The van der Waals surface area contributed by atoms with Crippen molar-refractivity contribution in [1.82, 2.24) is 0 Å². The van der Waals surface area contributed by atoms with Crippen LogP contribution in [0, 0.1) is 11.2 Å². The third kappa shape index (κ3) is 4.98. The lowest BCUT2D eigenvalue weighted by Gasteiger charge is -2.17. The monoisotopic (exact) mass is 287 g/mol. The number of carbonyl (C=O) groups excluding carboxylic acids is 1. The largest absolute Gasteiger partial charge is 0.324 e. The number of nitrogens with one attached hydrogen (secondary N) is 1. The molecule has 0 saturated carbocycles. The van der Waals surface area contributed by atoms with Gasteiger partial charge in [0.1, 0.15) is 5.82 Å². The van der Waals surface area contributed by atoms with Crippen LogP contribution in [0.15, 0.2) is 23.1 Å². The normalized spacial score (nSPS) is 12.3. The van der Waals surface area contributed by atoms with Gasteiger partial charge in [-0.15, -0.1) is 0 Å². The fourth-order valence-corrected chi connectivity index (χ4v) is 2.15. The van der Waals surface area contributed by atoms with E-state index in [0.717, 1.165) is 18.4 Å². The van der Waals surface area contributed by atoms with Crippen LogP contribution < -0.4 is 5.32 Å². The van der Waals surface area contributed by atoms with Crippen LogP contribution in [0.1, 0.15) is 27.2 Å². The molecule has 0 fully saturated rings. The molecule has 1 aromatic rings. The molecule has 106 valence electrons. The molecule has 0 aliphatic rings. The first-order chi connectivity index (χ1) is 8.49. The van der Waals surface area contributed by atoms with Crippen molar-refractivity contribution in [2.24, 2.45) is 5.41 Å². The van der Waals surface area contributed by atoms with Gasteiger partial charge in [0.2, 0.25) is 5.91 Å². The molecule has 1 N–H and O–H groups in total. The number of halogens is 1. The Kier molecular flexibility index (Phi) is 4.35. The molecule has 0 spiro atoms. The highest BCUT2D eigenvalue weighted by Gasteiger charge is 2.18. The molecule has 0 aliphatic heterocycles. The maximum absolute atomic E-state index is 13.5. The van der Waals surface area contributed by atoms with Crippen LogP contribution in [0.3, 0.4) is 0 Å². The molecular weight excluding hydrogens is 269 g/mol. The number of hydrogen-bond donors (Lipinski definition) is 1. The second-order valence-electron chi connectivity index (χ2n) is 5.70. The second kappa shape index (κ2) is 5.28. The second-order valence-corrected chi connectivity index (χ2v) is 7.72. The number of carbonyl (C=O) groups is 1. The summed E-state index contributed by atoms with van der Waals surface area (Å²) in [6.07, 6.45) is 1.25. The van der Waals surface area contributed by atoms with Gasteiger partial charge in [-0.25, -0.2) is 12.8 Å². The van der Waals surface area contributed by atoms with Crippen molar-refractivity contribution in [2.75, 3.05) is 11.6 Å². The zero-order valence-corrected chi connectivity index (χ0v) is 12.3. The number of benzene rings is 1. The maximum Gasteiger partial charge on any atom is 0.224 e. The summed E-state index contributed by atoms with van der Waals surface area (Å²) in [5.74, 6) is -1.01. The van der Waals surface area contributed by atoms with Crippen LogP contribution in [0.4, 0.5) is 10.1 Å². The lowest BCUT2D eigenvalue weighted by Crippen LogP contribution is -2.20. The van der Waals surface area contributed by atoms with Crippen LogP contribution in [-0.2, 0) is 14.6 Å². The summed E-state index contributed by atoms with van der Waals surface area (Å²) < 4.78 is 36.3. The van der Waals surface area contributed by atoms with Gasteiger partial charge >= 0.3 is 0 Å². The molecule has 0 bridgehead atoms. The summed E-state index contributed by atoms with van der Waals surface area (Å²) in [4.78, 5) is 11.7. The molecule has 6 heteroatoms. The Hall–Kier alpha value is -1.43. The topological polar surface area (TPSA) is 63.2 Å². The minimum Gasteiger partial charge on any atom is -0.324 e. The molecule has 0 atom stereocenters. The highest BCUT2D eigenvalue weighted by molar-refractivity contribution is 7.90. The van der Waals surface area contributed by atoms with Gasteiger partial charge in [-0.05, 0) is 23.6 Å². The maximum atomic E-state index is 13.5. The number of sulfone groups is 1. The Balaban J connectivity index is 2.99. The van der Waals surface area contributed by atoms with Crippen molar-refractivity contribution < 1.29 is 17.6 Å². The van der Waals surface area contributed by atoms with Crippen molar-refractivity contribution in [3.8, 4) is 0 Å². The van der Waals surface area contributed by atoms with Crippen LogP contribution in [0.25, 0.3) is 0 Å². The van der Waals surface area contributed by atoms with Crippen molar-refractivity contribution in [3.05, 3.63) is 24.0 Å². The third-order valence-electron chi connectivity index (χ3n) is 2.33. The molecular formula is C13H18FNO3S. The fourth-order valence-electron chi connectivity index (χ4n) is 1.51. The Morgan fingerprint density at radius 2 is 1.89 bits per heavy atom. The van der Waals surface area contributed by atoms with Crippen LogP contribution in [-0.4, -0.2) is 20.6 Å². The molecule has 0 aromatic heterocycles. The zero-order valence-electron chi connectivity index (χ0n) is 11.5. The van der Waals surface area contributed by atoms with E-state index >= 15 is 0 Å². The first kappa shape index (κ1) is 15.6. The standard InChI is InChI=1S/C13H18FNO3S/c1-13(2,3)8-12(16)15-11-7-9(19(4,17)18)5-6-10(11)14/h5-7H,8H2,1-4H3,(H,15,16). The first-order valence-electron chi connectivity index (χ1n) is 5.78. The number of hydrogen-bond acceptors (Lipinski definition) is 3. The van der Waals surface area contributed by atoms with E-state index in [1.807, 2.05) is 20.8 Å². The Labute approximate surface area is 112 Å². The van der Waals surface area contributed by atoms with E-state index in [9.17, 15) is 17.6 Å². The number of amides is 1. The lowest BCUT2D eigenvalue weighted by atomic mass is 9.92.